The first-order chi connectivity index (χ1) is 11.7. The number of halogens is 1. The van der Waals surface area contributed by atoms with Crippen molar-refractivity contribution in [2.75, 3.05) is 11.9 Å². The Balaban J connectivity index is 1.68. The number of anilines is 1. The molecule has 2 atom stereocenters. The number of fused-ring (bicyclic) bond motifs is 2. The van der Waals surface area contributed by atoms with Crippen LogP contribution in [0.1, 0.15) is 40.0 Å². The van der Waals surface area contributed by atoms with Gasteiger partial charge in [-0.2, -0.15) is 0 Å². The third-order valence-electron chi connectivity index (χ3n) is 6.22. The molecular formula is C19H23FN2O3. The molecule has 2 fully saturated rings. The lowest BCUT2D eigenvalue weighted by Crippen LogP contribution is -2.59. The lowest BCUT2D eigenvalue weighted by Gasteiger charge is -2.47. The standard InChI is InChI=1S/C19H23FN2O3/c1-18(2)12-8-10-19(18,3)17(25)22(16(12)24)11-9-15(23)21-14-7-5-4-6-13(14)20/h4-7,12H,8-11H2,1-3H3,(H,21,23). The number of rotatable bonds is 4. The van der Waals surface area contributed by atoms with E-state index in [0.717, 1.165) is 0 Å². The highest BCUT2D eigenvalue weighted by Gasteiger charge is 2.64. The number of piperidine rings is 1. The van der Waals surface area contributed by atoms with Gasteiger partial charge in [0.15, 0.2) is 0 Å². The molecule has 6 heteroatoms. The minimum absolute atomic E-state index is 0.0279. The lowest BCUT2D eigenvalue weighted by molar-refractivity contribution is -0.167. The lowest BCUT2D eigenvalue weighted by atomic mass is 9.62. The van der Waals surface area contributed by atoms with Crippen LogP contribution in [0.4, 0.5) is 10.1 Å². The molecule has 1 saturated heterocycles. The summed E-state index contributed by atoms with van der Waals surface area (Å²) in [6.07, 6.45) is 1.34. The summed E-state index contributed by atoms with van der Waals surface area (Å²) in [6, 6.07) is 5.88. The quantitative estimate of drug-likeness (QED) is 0.853. The van der Waals surface area contributed by atoms with Crippen LogP contribution in [-0.2, 0) is 14.4 Å². The highest BCUT2D eigenvalue weighted by molar-refractivity contribution is 6.04. The Morgan fingerprint density at radius 3 is 2.64 bits per heavy atom. The number of carbonyl (C=O) groups excluding carboxylic acids is 3. The number of hydrogen-bond donors (Lipinski definition) is 1. The van der Waals surface area contributed by atoms with Crippen LogP contribution in [0.25, 0.3) is 0 Å². The summed E-state index contributed by atoms with van der Waals surface area (Å²) in [7, 11) is 0. The fraction of sp³-hybridized carbons (Fsp3) is 0.526. The second-order valence-electron chi connectivity index (χ2n) is 7.72. The molecule has 1 N–H and O–H groups in total. The van der Waals surface area contributed by atoms with E-state index >= 15 is 0 Å². The van der Waals surface area contributed by atoms with Crippen molar-refractivity contribution in [3.05, 3.63) is 30.1 Å². The zero-order valence-electron chi connectivity index (χ0n) is 14.8. The molecule has 5 nitrogen and oxygen atoms in total. The van der Waals surface area contributed by atoms with E-state index < -0.39 is 17.1 Å². The summed E-state index contributed by atoms with van der Waals surface area (Å²) in [5, 5.41) is 2.48. The van der Waals surface area contributed by atoms with E-state index in [-0.39, 0.29) is 41.8 Å². The van der Waals surface area contributed by atoms with Crippen LogP contribution in [0.2, 0.25) is 0 Å². The van der Waals surface area contributed by atoms with Gasteiger partial charge < -0.3 is 5.32 Å². The maximum Gasteiger partial charge on any atom is 0.235 e. The fourth-order valence-electron chi connectivity index (χ4n) is 4.10. The van der Waals surface area contributed by atoms with Crippen LogP contribution in [-0.4, -0.2) is 29.2 Å². The molecule has 0 radical (unpaired) electrons. The van der Waals surface area contributed by atoms with Crippen molar-refractivity contribution in [1.29, 1.82) is 0 Å². The van der Waals surface area contributed by atoms with Crippen molar-refractivity contribution in [3.63, 3.8) is 0 Å². The predicted octanol–water partition coefficient (Wildman–Crippen LogP) is 2.97. The van der Waals surface area contributed by atoms with Crippen LogP contribution in [0.15, 0.2) is 24.3 Å². The van der Waals surface area contributed by atoms with E-state index in [4.69, 9.17) is 0 Å². The molecule has 1 aromatic carbocycles. The van der Waals surface area contributed by atoms with E-state index in [1.54, 1.807) is 6.07 Å². The first-order valence-corrected chi connectivity index (χ1v) is 8.58. The Morgan fingerprint density at radius 1 is 1.28 bits per heavy atom. The average molecular weight is 346 g/mol. The molecule has 1 aliphatic carbocycles. The van der Waals surface area contributed by atoms with E-state index in [9.17, 15) is 18.8 Å². The van der Waals surface area contributed by atoms with Gasteiger partial charge >= 0.3 is 0 Å². The summed E-state index contributed by atoms with van der Waals surface area (Å²) in [6.45, 7) is 5.89. The van der Waals surface area contributed by atoms with Gasteiger partial charge in [-0.1, -0.05) is 32.9 Å². The number of likely N-dealkylation sites (tertiary alicyclic amines) is 1. The van der Waals surface area contributed by atoms with Crippen LogP contribution in [0.5, 0.6) is 0 Å². The number of carbonyl (C=O) groups is 3. The van der Waals surface area contributed by atoms with Crippen molar-refractivity contribution < 1.29 is 18.8 Å². The smallest absolute Gasteiger partial charge is 0.235 e. The molecule has 3 amide bonds. The molecule has 1 heterocycles. The maximum absolute atomic E-state index is 13.6. The monoisotopic (exact) mass is 346 g/mol. The first-order valence-electron chi connectivity index (χ1n) is 8.58. The molecule has 2 unspecified atom stereocenters. The van der Waals surface area contributed by atoms with E-state index in [1.807, 2.05) is 20.8 Å². The molecule has 2 bridgehead atoms. The Labute approximate surface area is 146 Å². The van der Waals surface area contributed by atoms with E-state index in [2.05, 4.69) is 5.32 Å². The highest BCUT2D eigenvalue weighted by atomic mass is 19.1. The second kappa shape index (κ2) is 5.93. The molecular weight excluding hydrogens is 323 g/mol. The molecule has 1 aromatic rings. The normalized spacial score (nSPS) is 27.5. The zero-order chi connectivity index (χ0) is 18.4. The largest absolute Gasteiger partial charge is 0.324 e. The third kappa shape index (κ3) is 2.64. The summed E-state index contributed by atoms with van der Waals surface area (Å²) in [5.41, 5.74) is -0.849. The van der Waals surface area contributed by atoms with Gasteiger partial charge in [0.2, 0.25) is 17.7 Å². The van der Waals surface area contributed by atoms with Crippen molar-refractivity contribution in [3.8, 4) is 0 Å². The minimum atomic E-state index is -0.576. The topological polar surface area (TPSA) is 66.5 Å². The SMILES string of the molecule is CC12CCC(C(=O)N(CCC(=O)Nc3ccccc3F)C1=O)C2(C)C. The number of amides is 3. The fourth-order valence-corrected chi connectivity index (χ4v) is 4.10. The van der Waals surface area contributed by atoms with E-state index in [1.165, 1.54) is 23.1 Å². The molecule has 0 aromatic heterocycles. The Morgan fingerprint density at radius 2 is 1.96 bits per heavy atom. The first kappa shape index (κ1) is 17.6. The van der Waals surface area contributed by atoms with Gasteiger partial charge in [0.25, 0.3) is 0 Å². The van der Waals surface area contributed by atoms with Gasteiger partial charge in [-0.25, -0.2) is 4.39 Å². The zero-order valence-corrected chi connectivity index (χ0v) is 14.8. The number of hydrogen-bond acceptors (Lipinski definition) is 3. The summed E-state index contributed by atoms with van der Waals surface area (Å²) >= 11 is 0. The minimum Gasteiger partial charge on any atom is -0.324 e. The Hall–Kier alpha value is -2.24. The van der Waals surface area contributed by atoms with Crippen LogP contribution >= 0.6 is 0 Å². The number of imide groups is 1. The van der Waals surface area contributed by atoms with Crippen LogP contribution in [0.3, 0.4) is 0 Å². The van der Waals surface area contributed by atoms with Crippen molar-refractivity contribution in [2.24, 2.45) is 16.7 Å². The van der Waals surface area contributed by atoms with Crippen LogP contribution in [0, 0.1) is 22.6 Å². The van der Waals surface area contributed by atoms with E-state index in [0.29, 0.717) is 12.8 Å². The molecule has 1 aliphatic heterocycles. The van der Waals surface area contributed by atoms with Gasteiger partial charge in [-0.15, -0.1) is 0 Å². The number of nitrogens with zero attached hydrogens (tertiary/aromatic N) is 1. The predicted molar refractivity (Wildman–Crippen MR) is 91.0 cm³/mol. The van der Waals surface area contributed by atoms with Crippen molar-refractivity contribution in [1.82, 2.24) is 4.90 Å². The molecule has 0 spiro atoms. The molecule has 25 heavy (non-hydrogen) atoms. The maximum atomic E-state index is 13.6. The molecule has 1 saturated carbocycles. The third-order valence-corrected chi connectivity index (χ3v) is 6.22. The van der Waals surface area contributed by atoms with Gasteiger partial charge in [-0.05, 0) is 30.4 Å². The summed E-state index contributed by atoms with van der Waals surface area (Å²) in [4.78, 5) is 38.9. The highest BCUT2D eigenvalue weighted by Crippen LogP contribution is 2.59. The number of nitrogens with one attached hydrogen (secondary N) is 1. The van der Waals surface area contributed by atoms with Gasteiger partial charge in [0.05, 0.1) is 11.1 Å². The second-order valence-corrected chi connectivity index (χ2v) is 7.72. The summed E-state index contributed by atoms with van der Waals surface area (Å²) < 4.78 is 13.6. The van der Waals surface area contributed by atoms with Crippen molar-refractivity contribution in [2.45, 2.75) is 40.0 Å². The van der Waals surface area contributed by atoms with Crippen LogP contribution < -0.4 is 5.32 Å². The number of benzene rings is 1. The molecule has 2 aliphatic rings. The van der Waals surface area contributed by atoms with Gasteiger partial charge in [-0.3, -0.25) is 19.3 Å². The molecule has 3 rings (SSSR count). The van der Waals surface area contributed by atoms with Gasteiger partial charge in [0.1, 0.15) is 5.82 Å². The molecule has 134 valence electrons. The van der Waals surface area contributed by atoms with Gasteiger partial charge in [0, 0.05) is 18.9 Å². The Bertz CT molecular complexity index is 746. The van der Waals surface area contributed by atoms with Crippen molar-refractivity contribution >= 4 is 23.4 Å². The number of para-hydroxylation sites is 1. The average Bonchev–Trinajstić information content (AvgIpc) is 2.74. The summed E-state index contributed by atoms with van der Waals surface area (Å²) in [5.74, 6) is -1.52. The Kier molecular flexibility index (Phi) is 4.17.